The number of nitrogens with zero attached hydrogens (tertiary/aromatic N) is 2. The van der Waals surface area contributed by atoms with Crippen molar-refractivity contribution in [1.82, 2.24) is 4.98 Å². The lowest BCUT2D eigenvalue weighted by Crippen LogP contribution is -2.37. The van der Waals surface area contributed by atoms with Crippen molar-refractivity contribution in [2.75, 3.05) is 18.0 Å². The summed E-state index contributed by atoms with van der Waals surface area (Å²) in [5.74, 6) is -0.651. The summed E-state index contributed by atoms with van der Waals surface area (Å²) < 4.78 is 13.2. The Morgan fingerprint density at radius 1 is 1.62 bits per heavy atom. The predicted octanol–water partition coefficient (Wildman–Crippen LogP) is 1.72. The first-order valence-electron chi connectivity index (χ1n) is 5.26. The monoisotopic (exact) mass is 224 g/mol. The van der Waals surface area contributed by atoms with Gasteiger partial charge in [-0.2, -0.15) is 0 Å². The molecular weight excluding hydrogens is 211 g/mol. The van der Waals surface area contributed by atoms with Crippen LogP contribution < -0.4 is 4.90 Å². The molecule has 0 spiro atoms. The average Bonchev–Trinajstić information content (AvgIpc) is 2.29. The van der Waals surface area contributed by atoms with Gasteiger partial charge in [-0.1, -0.05) is 0 Å². The third-order valence-electron chi connectivity index (χ3n) is 2.68. The standard InChI is InChI=1S/C11H13FN2O2/c12-8-3-2-6-14(7-8)10-9(11(15)16)4-1-5-13-10/h1,4-5,8H,2-3,6-7H2,(H,15,16)/t8-/m1/s1. The highest BCUT2D eigenvalue weighted by molar-refractivity contribution is 5.93. The van der Waals surface area contributed by atoms with E-state index in [-0.39, 0.29) is 12.1 Å². The number of carboxylic acids is 1. The smallest absolute Gasteiger partial charge is 0.339 e. The van der Waals surface area contributed by atoms with E-state index in [4.69, 9.17) is 5.11 Å². The van der Waals surface area contributed by atoms with Crippen LogP contribution >= 0.6 is 0 Å². The number of aromatic carboxylic acids is 1. The molecule has 16 heavy (non-hydrogen) atoms. The fourth-order valence-electron chi connectivity index (χ4n) is 1.93. The summed E-state index contributed by atoms with van der Waals surface area (Å²) in [5.41, 5.74) is 0.136. The van der Waals surface area contributed by atoms with Gasteiger partial charge in [0, 0.05) is 12.7 Å². The summed E-state index contributed by atoms with van der Waals surface area (Å²) in [6, 6.07) is 3.07. The SMILES string of the molecule is O=C(O)c1cccnc1N1CCC[C@@H](F)C1. The van der Waals surface area contributed by atoms with E-state index in [1.165, 1.54) is 12.3 Å². The van der Waals surface area contributed by atoms with Crippen LogP contribution in [0.4, 0.5) is 10.2 Å². The number of hydrogen-bond acceptors (Lipinski definition) is 3. The maximum absolute atomic E-state index is 13.2. The Balaban J connectivity index is 2.28. The summed E-state index contributed by atoms with van der Waals surface area (Å²) in [5, 5.41) is 9.00. The number of alkyl halides is 1. The molecule has 1 atom stereocenters. The fourth-order valence-corrected chi connectivity index (χ4v) is 1.93. The van der Waals surface area contributed by atoms with Crippen molar-refractivity contribution in [2.24, 2.45) is 0 Å². The third kappa shape index (κ3) is 2.13. The Morgan fingerprint density at radius 3 is 3.12 bits per heavy atom. The topological polar surface area (TPSA) is 53.4 Å². The van der Waals surface area contributed by atoms with Crippen LogP contribution in [0.15, 0.2) is 18.3 Å². The Labute approximate surface area is 92.7 Å². The molecule has 1 aromatic heterocycles. The number of aromatic nitrogens is 1. The lowest BCUT2D eigenvalue weighted by molar-refractivity contribution is 0.0697. The van der Waals surface area contributed by atoms with Gasteiger partial charge in [-0.05, 0) is 25.0 Å². The minimum atomic E-state index is -1.02. The van der Waals surface area contributed by atoms with Gasteiger partial charge in [0.2, 0.25) is 0 Å². The molecule has 1 aliphatic rings. The molecule has 0 aliphatic carbocycles. The van der Waals surface area contributed by atoms with Gasteiger partial charge < -0.3 is 10.0 Å². The van der Waals surface area contributed by atoms with Crippen LogP contribution in [-0.2, 0) is 0 Å². The molecule has 86 valence electrons. The number of pyridine rings is 1. The number of carbonyl (C=O) groups is 1. The second kappa shape index (κ2) is 4.47. The van der Waals surface area contributed by atoms with Crippen LogP contribution in [0.3, 0.4) is 0 Å². The van der Waals surface area contributed by atoms with E-state index < -0.39 is 12.1 Å². The van der Waals surface area contributed by atoms with Crippen LogP contribution in [0, 0.1) is 0 Å². The van der Waals surface area contributed by atoms with E-state index >= 15 is 0 Å². The maximum atomic E-state index is 13.2. The maximum Gasteiger partial charge on any atom is 0.339 e. The number of hydrogen-bond donors (Lipinski definition) is 1. The highest BCUT2D eigenvalue weighted by Gasteiger charge is 2.23. The molecule has 1 saturated heterocycles. The van der Waals surface area contributed by atoms with Gasteiger partial charge in [0.15, 0.2) is 0 Å². The summed E-state index contributed by atoms with van der Waals surface area (Å²) in [6.07, 6.45) is 1.92. The number of halogens is 1. The molecule has 1 aromatic rings. The van der Waals surface area contributed by atoms with Crippen molar-refractivity contribution in [3.05, 3.63) is 23.9 Å². The Morgan fingerprint density at radius 2 is 2.44 bits per heavy atom. The first kappa shape index (κ1) is 10.9. The molecule has 2 heterocycles. The normalized spacial score (nSPS) is 20.8. The third-order valence-corrected chi connectivity index (χ3v) is 2.68. The molecule has 2 rings (SSSR count). The number of carboxylic acid groups (broad SMARTS) is 1. The summed E-state index contributed by atoms with van der Waals surface area (Å²) in [6.45, 7) is 0.898. The highest BCUT2D eigenvalue weighted by Crippen LogP contribution is 2.22. The lowest BCUT2D eigenvalue weighted by atomic mass is 10.1. The van der Waals surface area contributed by atoms with Gasteiger partial charge in [0.1, 0.15) is 17.6 Å². The highest BCUT2D eigenvalue weighted by atomic mass is 19.1. The van der Waals surface area contributed by atoms with Gasteiger partial charge >= 0.3 is 5.97 Å². The Bertz CT molecular complexity index is 397. The predicted molar refractivity (Wildman–Crippen MR) is 57.5 cm³/mol. The van der Waals surface area contributed by atoms with Crippen LogP contribution in [0.2, 0.25) is 0 Å². The molecule has 4 nitrogen and oxygen atoms in total. The van der Waals surface area contributed by atoms with Crippen molar-refractivity contribution >= 4 is 11.8 Å². The van der Waals surface area contributed by atoms with Crippen molar-refractivity contribution in [3.8, 4) is 0 Å². The van der Waals surface area contributed by atoms with Crippen molar-refractivity contribution in [1.29, 1.82) is 0 Å². The average molecular weight is 224 g/mol. The molecule has 1 aliphatic heterocycles. The van der Waals surface area contributed by atoms with Crippen LogP contribution in [0.1, 0.15) is 23.2 Å². The van der Waals surface area contributed by atoms with E-state index in [9.17, 15) is 9.18 Å². The van der Waals surface area contributed by atoms with Crippen LogP contribution in [0.5, 0.6) is 0 Å². The van der Waals surface area contributed by atoms with E-state index in [0.29, 0.717) is 18.8 Å². The zero-order chi connectivity index (χ0) is 11.5. The molecule has 0 saturated carbocycles. The summed E-state index contributed by atoms with van der Waals surface area (Å²) in [4.78, 5) is 16.7. The molecule has 0 amide bonds. The van der Waals surface area contributed by atoms with Gasteiger partial charge in [-0.3, -0.25) is 0 Å². The minimum Gasteiger partial charge on any atom is -0.478 e. The largest absolute Gasteiger partial charge is 0.478 e. The van der Waals surface area contributed by atoms with Crippen molar-refractivity contribution in [3.63, 3.8) is 0 Å². The van der Waals surface area contributed by atoms with Crippen molar-refractivity contribution in [2.45, 2.75) is 19.0 Å². The summed E-state index contributed by atoms with van der Waals surface area (Å²) >= 11 is 0. The number of rotatable bonds is 2. The molecular formula is C11H13FN2O2. The van der Waals surface area contributed by atoms with Crippen molar-refractivity contribution < 1.29 is 14.3 Å². The van der Waals surface area contributed by atoms with E-state index in [1.54, 1.807) is 11.0 Å². The fraction of sp³-hybridized carbons (Fsp3) is 0.455. The molecule has 1 N–H and O–H groups in total. The number of anilines is 1. The van der Waals surface area contributed by atoms with Crippen LogP contribution in [-0.4, -0.2) is 35.3 Å². The lowest BCUT2D eigenvalue weighted by Gasteiger charge is -2.30. The minimum absolute atomic E-state index is 0.136. The molecule has 1 fully saturated rings. The molecule has 0 radical (unpaired) electrons. The molecule has 0 unspecified atom stereocenters. The van der Waals surface area contributed by atoms with Gasteiger partial charge in [-0.15, -0.1) is 0 Å². The number of piperidine rings is 1. The zero-order valence-electron chi connectivity index (χ0n) is 8.77. The first-order valence-corrected chi connectivity index (χ1v) is 5.26. The van der Waals surface area contributed by atoms with Gasteiger partial charge in [0.05, 0.1) is 6.54 Å². The van der Waals surface area contributed by atoms with E-state index in [1.807, 2.05) is 0 Å². The molecule has 0 bridgehead atoms. The second-order valence-corrected chi connectivity index (χ2v) is 3.87. The quantitative estimate of drug-likeness (QED) is 0.831. The second-order valence-electron chi connectivity index (χ2n) is 3.87. The molecule has 0 aromatic carbocycles. The van der Waals surface area contributed by atoms with E-state index in [0.717, 1.165) is 6.42 Å². The zero-order valence-corrected chi connectivity index (χ0v) is 8.77. The molecule has 5 heteroatoms. The first-order chi connectivity index (χ1) is 7.68. The summed E-state index contributed by atoms with van der Waals surface area (Å²) in [7, 11) is 0. The van der Waals surface area contributed by atoms with Gasteiger partial charge in [0.25, 0.3) is 0 Å². The Kier molecular flexibility index (Phi) is 3.03. The Hall–Kier alpha value is -1.65. The van der Waals surface area contributed by atoms with Gasteiger partial charge in [-0.25, -0.2) is 14.2 Å². The van der Waals surface area contributed by atoms with E-state index in [2.05, 4.69) is 4.98 Å². The van der Waals surface area contributed by atoms with Crippen LogP contribution in [0.25, 0.3) is 0 Å².